The Hall–Kier alpha value is -2.19. The molecule has 2 heteroatoms. The van der Waals surface area contributed by atoms with Crippen LogP contribution in [0.15, 0.2) is 48.7 Å². The van der Waals surface area contributed by atoms with Crippen molar-refractivity contribution in [3.63, 3.8) is 0 Å². The van der Waals surface area contributed by atoms with E-state index in [1.54, 1.807) is 0 Å². The quantitative estimate of drug-likeness (QED) is 0.552. The number of aromatic nitrogens is 1. The molecule has 1 N–H and O–H groups in total. The second kappa shape index (κ2) is 7.20. The lowest BCUT2D eigenvalue weighted by molar-refractivity contribution is -0.0128. The van der Waals surface area contributed by atoms with Crippen molar-refractivity contribution in [3.8, 4) is 0 Å². The molecule has 2 aliphatic rings. The number of rotatable bonds is 5. The van der Waals surface area contributed by atoms with Gasteiger partial charge in [-0.25, -0.2) is 0 Å². The molecule has 0 spiro atoms. The van der Waals surface area contributed by atoms with E-state index in [-0.39, 0.29) is 5.41 Å². The second-order valence-electron chi connectivity index (χ2n) is 10.2. The molecule has 2 nitrogen and oxygen atoms in total. The molecular formula is C28H33NO. The number of para-hydroxylation sites is 1. The molecule has 1 fully saturated rings. The maximum Gasteiger partial charge on any atom is 0.0724 e. The minimum Gasteiger partial charge on any atom is -0.389 e. The molecule has 0 aliphatic heterocycles. The first-order valence-corrected chi connectivity index (χ1v) is 11.5. The minimum atomic E-state index is -0.662. The molecule has 1 saturated carbocycles. The number of aryl methyl sites for hydroxylation is 2. The third kappa shape index (κ3) is 3.46. The molecule has 1 heterocycles. The summed E-state index contributed by atoms with van der Waals surface area (Å²) < 4.78 is 0. The molecule has 0 saturated heterocycles. The number of nitrogens with zero attached hydrogens (tertiary/aromatic N) is 1. The van der Waals surface area contributed by atoms with Gasteiger partial charge in [-0.2, -0.15) is 0 Å². The highest BCUT2D eigenvalue weighted by Gasteiger charge is 2.49. The molecule has 2 atom stereocenters. The van der Waals surface area contributed by atoms with Crippen LogP contribution in [0.25, 0.3) is 10.9 Å². The Labute approximate surface area is 180 Å². The monoisotopic (exact) mass is 399 g/mol. The van der Waals surface area contributed by atoms with E-state index in [1.807, 2.05) is 12.3 Å². The molecule has 156 valence electrons. The van der Waals surface area contributed by atoms with Crippen molar-refractivity contribution in [1.29, 1.82) is 0 Å². The van der Waals surface area contributed by atoms with E-state index < -0.39 is 5.60 Å². The van der Waals surface area contributed by atoms with Crippen LogP contribution in [-0.2, 0) is 18.3 Å². The third-order valence-electron chi connectivity index (χ3n) is 7.69. The lowest BCUT2D eigenvalue weighted by atomic mass is 9.63. The molecule has 2 aliphatic carbocycles. The van der Waals surface area contributed by atoms with Gasteiger partial charge < -0.3 is 5.11 Å². The van der Waals surface area contributed by atoms with Gasteiger partial charge in [-0.1, -0.05) is 42.8 Å². The molecule has 1 aromatic heterocycles. The summed E-state index contributed by atoms with van der Waals surface area (Å²) in [7, 11) is 0. The van der Waals surface area contributed by atoms with Crippen LogP contribution < -0.4 is 0 Å². The summed E-state index contributed by atoms with van der Waals surface area (Å²) in [6.07, 6.45) is 9.31. The Bertz CT molecular complexity index is 1090. The van der Waals surface area contributed by atoms with E-state index in [2.05, 4.69) is 62.2 Å². The highest BCUT2D eigenvalue weighted by molar-refractivity contribution is 5.81. The van der Waals surface area contributed by atoms with Crippen LogP contribution in [0.2, 0.25) is 0 Å². The predicted octanol–water partition coefficient (Wildman–Crippen LogP) is 6.22. The normalized spacial score (nSPS) is 23.2. The predicted molar refractivity (Wildman–Crippen MR) is 124 cm³/mol. The summed E-state index contributed by atoms with van der Waals surface area (Å²) in [5, 5.41) is 13.3. The third-order valence-corrected chi connectivity index (χ3v) is 7.69. The molecule has 30 heavy (non-hydrogen) atoms. The van der Waals surface area contributed by atoms with Gasteiger partial charge in [0.2, 0.25) is 0 Å². The summed E-state index contributed by atoms with van der Waals surface area (Å²) in [5.41, 5.74) is 7.41. The summed E-state index contributed by atoms with van der Waals surface area (Å²) in [6.45, 7) is 6.87. The van der Waals surface area contributed by atoms with Crippen molar-refractivity contribution in [2.75, 3.05) is 0 Å². The first kappa shape index (κ1) is 19.8. The van der Waals surface area contributed by atoms with Crippen LogP contribution in [0.5, 0.6) is 0 Å². The lowest BCUT2D eigenvalue weighted by Gasteiger charge is -2.43. The summed E-state index contributed by atoms with van der Waals surface area (Å²) in [5.74, 6) is 0.414. The van der Waals surface area contributed by atoms with E-state index in [4.69, 9.17) is 0 Å². The average molecular weight is 400 g/mol. The molecule has 0 bridgehead atoms. The molecule has 2 unspecified atom stereocenters. The fourth-order valence-corrected chi connectivity index (χ4v) is 6.13. The van der Waals surface area contributed by atoms with Crippen LogP contribution in [0.4, 0.5) is 0 Å². The smallest absolute Gasteiger partial charge is 0.0724 e. The zero-order chi connectivity index (χ0) is 20.9. The largest absolute Gasteiger partial charge is 0.389 e. The van der Waals surface area contributed by atoms with Gasteiger partial charge in [-0.05, 0) is 98.1 Å². The van der Waals surface area contributed by atoms with Gasteiger partial charge in [0.05, 0.1) is 11.1 Å². The van der Waals surface area contributed by atoms with E-state index in [0.29, 0.717) is 5.92 Å². The van der Waals surface area contributed by atoms with Crippen molar-refractivity contribution in [3.05, 3.63) is 76.5 Å². The van der Waals surface area contributed by atoms with E-state index >= 15 is 0 Å². The van der Waals surface area contributed by atoms with Crippen molar-refractivity contribution in [1.82, 2.24) is 4.98 Å². The SMILES string of the molecule is Cc1cc(C)c2c(c1)C(C)(CC(O)(Cc1ccnc3ccccc13)C1CC1)CCC2. The Morgan fingerprint density at radius 1 is 1.13 bits per heavy atom. The number of benzene rings is 2. The topological polar surface area (TPSA) is 33.1 Å². The van der Waals surface area contributed by atoms with Crippen LogP contribution in [-0.4, -0.2) is 15.7 Å². The van der Waals surface area contributed by atoms with Gasteiger partial charge in [-0.3, -0.25) is 4.98 Å². The summed E-state index contributed by atoms with van der Waals surface area (Å²) in [4.78, 5) is 4.53. The van der Waals surface area contributed by atoms with Crippen molar-refractivity contribution < 1.29 is 5.11 Å². The van der Waals surface area contributed by atoms with Gasteiger partial charge in [0.15, 0.2) is 0 Å². The van der Waals surface area contributed by atoms with Crippen LogP contribution >= 0.6 is 0 Å². The molecular weight excluding hydrogens is 366 g/mol. The Morgan fingerprint density at radius 2 is 1.93 bits per heavy atom. The van der Waals surface area contributed by atoms with Gasteiger partial charge in [0, 0.05) is 18.0 Å². The standard InChI is InChI=1S/C28H33NO/c1-19-15-20(2)23-8-6-13-27(3,25(23)16-19)18-28(30,22-10-11-22)17-21-12-14-29-26-9-5-4-7-24(21)26/h4-5,7,9,12,14-16,22,30H,6,8,10-11,13,17-18H2,1-3H3. The van der Waals surface area contributed by atoms with Gasteiger partial charge >= 0.3 is 0 Å². The van der Waals surface area contributed by atoms with Crippen LogP contribution in [0.3, 0.4) is 0 Å². The van der Waals surface area contributed by atoms with Crippen molar-refractivity contribution in [2.45, 2.75) is 76.7 Å². The van der Waals surface area contributed by atoms with E-state index in [1.165, 1.54) is 46.0 Å². The molecule has 0 radical (unpaired) electrons. The fraction of sp³-hybridized carbons (Fsp3) is 0.464. The second-order valence-corrected chi connectivity index (χ2v) is 10.2. The van der Waals surface area contributed by atoms with E-state index in [9.17, 15) is 5.11 Å². The number of fused-ring (bicyclic) bond motifs is 2. The average Bonchev–Trinajstić information content (AvgIpc) is 3.55. The van der Waals surface area contributed by atoms with Crippen LogP contribution in [0.1, 0.15) is 66.8 Å². The van der Waals surface area contributed by atoms with Gasteiger partial charge in [0.25, 0.3) is 0 Å². The van der Waals surface area contributed by atoms with Gasteiger partial charge in [0.1, 0.15) is 0 Å². The molecule has 5 rings (SSSR count). The lowest BCUT2D eigenvalue weighted by Crippen LogP contribution is -2.43. The Balaban J connectivity index is 1.53. The first-order valence-electron chi connectivity index (χ1n) is 11.5. The highest BCUT2D eigenvalue weighted by atomic mass is 16.3. The van der Waals surface area contributed by atoms with Crippen molar-refractivity contribution in [2.24, 2.45) is 5.92 Å². The van der Waals surface area contributed by atoms with Crippen LogP contribution in [0, 0.1) is 19.8 Å². The summed E-state index contributed by atoms with van der Waals surface area (Å²) in [6, 6.07) is 15.2. The van der Waals surface area contributed by atoms with Crippen molar-refractivity contribution >= 4 is 10.9 Å². The number of hydrogen-bond donors (Lipinski definition) is 1. The maximum atomic E-state index is 12.1. The maximum absolute atomic E-state index is 12.1. The summed E-state index contributed by atoms with van der Waals surface area (Å²) >= 11 is 0. The number of aliphatic hydroxyl groups is 1. The zero-order valence-electron chi connectivity index (χ0n) is 18.5. The molecule has 0 amide bonds. The number of hydrogen-bond acceptors (Lipinski definition) is 2. The first-order chi connectivity index (χ1) is 14.4. The zero-order valence-corrected chi connectivity index (χ0v) is 18.5. The molecule has 2 aromatic carbocycles. The van der Waals surface area contributed by atoms with E-state index in [0.717, 1.165) is 37.6 Å². The molecule has 3 aromatic rings. The van der Waals surface area contributed by atoms with Gasteiger partial charge in [-0.15, -0.1) is 0 Å². The highest BCUT2D eigenvalue weighted by Crippen LogP contribution is 2.51. The minimum absolute atomic E-state index is 0.0323. The Morgan fingerprint density at radius 3 is 2.73 bits per heavy atom. The Kier molecular flexibility index (Phi) is 4.74. The number of pyridine rings is 1. The fourth-order valence-electron chi connectivity index (χ4n) is 6.13.